The number of ether oxygens (including phenoxy) is 2. The van der Waals surface area contributed by atoms with Gasteiger partial charge in [0.05, 0.1) is 5.41 Å². The van der Waals surface area contributed by atoms with Gasteiger partial charge < -0.3 is 19.3 Å². The first-order valence-electron chi connectivity index (χ1n) is 11.3. The van der Waals surface area contributed by atoms with Crippen molar-refractivity contribution >= 4 is 11.6 Å². The molecule has 2 fully saturated rings. The summed E-state index contributed by atoms with van der Waals surface area (Å²) in [4.78, 5) is 18.3. The molecule has 1 amide bonds. The van der Waals surface area contributed by atoms with Crippen LogP contribution in [0.5, 0.6) is 11.5 Å². The molecule has 5 heteroatoms. The fourth-order valence-electron chi connectivity index (χ4n) is 5.27. The fourth-order valence-corrected chi connectivity index (χ4v) is 5.27. The molecule has 2 aromatic rings. The smallest absolute Gasteiger partial charge is 0.233 e. The molecule has 158 valence electrons. The lowest BCUT2D eigenvalue weighted by Gasteiger charge is -2.34. The van der Waals surface area contributed by atoms with Crippen molar-refractivity contribution in [2.24, 2.45) is 0 Å². The number of benzene rings is 2. The monoisotopic (exact) mass is 406 g/mol. The molecule has 5 nitrogen and oxygen atoms in total. The van der Waals surface area contributed by atoms with Gasteiger partial charge in [-0.3, -0.25) is 4.79 Å². The summed E-state index contributed by atoms with van der Waals surface area (Å²) in [5, 5.41) is 0. The quantitative estimate of drug-likeness (QED) is 0.772. The Morgan fingerprint density at radius 1 is 0.800 bits per heavy atom. The number of rotatable bonds is 3. The van der Waals surface area contributed by atoms with Gasteiger partial charge in [-0.2, -0.15) is 0 Å². The van der Waals surface area contributed by atoms with Crippen molar-refractivity contribution in [2.45, 2.75) is 37.5 Å². The first-order valence-corrected chi connectivity index (χ1v) is 11.3. The molecule has 5 rings (SSSR count). The average molecular weight is 407 g/mol. The van der Waals surface area contributed by atoms with E-state index in [1.54, 1.807) is 0 Å². The Morgan fingerprint density at radius 2 is 1.57 bits per heavy atom. The molecule has 1 saturated carbocycles. The van der Waals surface area contributed by atoms with Crippen LogP contribution in [0.2, 0.25) is 0 Å². The normalized spacial score (nSPS) is 20.7. The van der Waals surface area contributed by atoms with Crippen molar-refractivity contribution in [3.8, 4) is 11.5 Å². The van der Waals surface area contributed by atoms with Gasteiger partial charge in [0.15, 0.2) is 11.5 Å². The van der Waals surface area contributed by atoms with Crippen molar-refractivity contribution in [2.75, 3.05) is 44.3 Å². The van der Waals surface area contributed by atoms with Crippen LogP contribution in [0.3, 0.4) is 0 Å². The number of amides is 1. The predicted octanol–water partition coefficient (Wildman–Crippen LogP) is 4.01. The van der Waals surface area contributed by atoms with Crippen LogP contribution in [0.25, 0.3) is 0 Å². The van der Waals surface area contributed by atoms with E-state index in [2.05, 4.69) is 46.2 Å². The van der Waals surface area contributed by atoms with E-state index in [0.29, 0.717) is 19.1 Å². The van der Waals surface area contributed by atoms with Crippen LogP contribution in [0.15, 0.2) is 48.5 Å². The number of anilines is 1. The zero-order chi connectivity index (χ0) is 20.4. The molecule has 0 unspecified atom stereocenters. The van der Waals surface area contributed by atoms with E-state index in [1.807, 2.05) is 12.1 Å². The topological polar surface area (TPSA) is 42.0 Å². The second-order valence-electron chi connectivity index (χ2n) is 8.62. The van der Waals surface area contributed by atoms with Crippen LogP contribution >= 0.6 is 0 Å². The van der Waals surface area contributed by atoms with Crippen LogP contribution < -0.4 is 14.4 Å². The molecule has 0 spiro atoms. The molecular formula is C25H30N2O3. The van der Waals surface area contributed by atoms with Crippen LogP contribution in [0.4, 0.5) is 5.69 Å². The van der Waals surface area contributed by atoms with Crippen molar-refractivity contribution < 1.29 is 14.3 Å². The Hall–Kier alpha value is -2.69. The van der Waals surface area contributed by atoms with Gasteiger partial charge >= 0.3 is 0 Å². The maximum absolute atomic E-state index is 13.8. The minimum atomic E-state index is -0.326. The molecule has 0 bridgehead atoms. The van der Waals surface area contributed by atoms with E-state index in [-0.39, 0.29) is 5.41 Å². The third kappa shape index (κ3) is 3.51. The van der Waals surface area contributed by atoms with Gasteiger partial charge in [-0.15, -0.1) is 0 Å². The van der Waals surface area contributed by atoms with E-state index in [9.17, 15) is 4.79 Å². The number of carbonyl (C=O) groups is 1. The van der Waals surface area contributed by atoms with Crippen molar-refractivity contribution in [1.82, 2.24) is 4.90 Å². The Labute approximate surface area is 178 Å². The molecule has 0 radical (unpaired) electrons. The van der Waals surface area contributed by atoms with Gasteiger partial charge in [-0.05, 0) is 37.0 Å². The molecule has 2 aromatic carbocycles. The second kappa shape index (κ2) is 8.21. The first kappa shape index (κ1) is 19.3. The molecule has 0 atom stereocenters. The summed E-state index contributed by atoms with van der Waals surface area (Å²) in [6.45, 7) is 4.59. The van der Waals surface area contributed by atoms with Crippen molar-refractivity contribution in [1.29, 1.82) is 0 Å². The van der Waals surface area contributed by atoms with E-state index < -0.39 is 0 Å². The number of hydrogen-bond donors (Lipinski definition) is 0. The second-order valence-corrected chi connectivity index (χ2v) is 8.62. The van der Waals surface area contributed by atoms with Crippen LogP contribution in [-0.2, 0) is 10.2 Å². The summed E-state index contributed by atoms with van der Waals surface area (Å²) < 4.78 is 11.4. The molecule has 2 heterocycles. The third-order valence-electron chi connectivity index (χ3n) is 6.87. The predicted molar refractivity (Wildman–Crippen MR) is 117 cm³/mol. The molecule has 0 N–H and O–H groups in total. The van der Waals surface area contributed by atoms with Gasteiger partial charge in [0.1, 0.15) is 13.2 Å². The number of hydrogen-bond acceptors (Lipinski definition) is 4. The minimum Gasteiger partial charge on any atom is -0.486 e. The zero-order valence-corrected chi connectivity index (χ0v) is 17.5. The molecular weight excluding hydrogens is 376 g/mol. The summed E-state index contributed by atoms with van der Waals surface area (Å²) in [6, 6.07) is 16.6. The number of carbonyl (C=O) groups excluding carboxylic acids is 1. The highest BCUT2D eigenvalue weighted by molar-refractivity contribution is 5.88. The molecule has 0 aromatic heterocycles. The Balaban J connectivity index is 1.32. The summed E-state index contributed by atoms with van der Waals surface area (Å²) in [6.07, 6.45) is 5.19. The molecule has 1 aliphatic carbocycles. The summed E-state index contributed by atoms with van der Waals surface area (Å²) in [5.74, 6) is 1.97. The summed E-state index contributed by atoms with van der Waals surface area (Å²) >= 11 is 0. The van der Waals surface area contributed by atoms with Crippen molar-refractivity contribution in [3.63, 3.8) is 0 Å². The highest BCUT2D eigenvalue weighted by Gasteiger charge is 2.45. The Morgan fingerprint density at radius 3 is 2.37 bits per heavy atom. The van der Waals surface area contributed by atoms with Gasteiger partial charge in [-0.25, -0.2) is 0 Å². The standard InChI is InChI=1S/C25H30N2O3/c28-24(25(11-4-5-12-25)20-7-2-1-3-8-20)27-14-6-13-26(15-16-27)21-9-10-22-23(19-21)30-18-17-29-22/h1-3,7-10,19H,4-6,11-18H2. The lowest BCUT2D eigenvalue weighted by Crippen LogP contribution is -2.47. The summed E-state index contributed by atoms with van der Waals surface area (Å²) in [5.41, 5.74) is 2.01. The van der Waals surface area contributed by atoms with E-state index in [4.69, 9.17) is 9.47 Å². The van der Waals surface area contributed by atoms with E-state index >= 15 is 0 Å². The SMILES string of the molecule is O=C(N1CCCN(c2ccc3c(c2)OCCO3)CC1)C1(c2ccccc2)CCCC1. The van der Waals surface area contributed by atoms with Gasteiger partial charge in [-0.1, -0.05) is 43.2 Å². The molecule has 3 aliphatic rings. The third-order valence-corrected chi connectivity index (χ3v) is 6.87. The Bertz CT molecular complexity index is 893. The molecule has 1 saturated heterocycles. The van der Waals surface area contributed by atoms with Crippen LogP contribution in [-0.4, -0.2) is 50.2 Å². The number of nitrogens with zero attached hydrogens (tertiary/aromatic N) is 2. The van der Waals surface area contributed by atoms with E-state index in [1.165, 1.54) is 5.56 Å². The van der Waals surface area contributed by atoms with Gasteiger partial charge in [0.2, 0.25) is 5.91 Å². The first-order chi connectivity index (χ1) is 14.8. The largest absolute Gasteiger partial charge is 0.486 e. The van der Waals surface area contributed by atoms with Gasteiger partial charge in [0, 0.05) is 37.9 Å². The van der Waals surface area contributed by atoms with Gasteiger partial charge in [0.25, 0.3) is 0 Å². The molecule has 30 heavy (non-hydrogen) atoms. The highest BCUT2D eigenvalue weighted by atomic mass is 16.6. The Kier molecular flexibility index (Phi) is 5.28. The van der Waals surface area contributed by atoms with Crippen molar-refractivity contribution in [3.05, 3.63) is 54.1 Å². The lowest BCUT2D eigenvalue weighted by molar-refractivity contribution is -0.137. The van der Waals surface area contributed by atoms with E-state index in [0.717, 1.165) is 75.5 Å². The minimum absolute atomic E-state index is 0.326. The fraction of sp³-hybridized carbons (Fsp3) is 0.480. The summed E-state index contributed by atoms with van der Waals surface area (Å²) in [7, 11) is 0. The van der Waals surface area contributed by atoms with Crippen LogP contribution in [0.1, 0.15) is 37.7 Å². The maximum atomic E-state index is 13.8. The maximum Gasteiger partial charge on any atom is 0.233 e. The molecule has 2 aliphatic heterocycles. The van der Waals surface area contributed by atoms with Crippen LogP contribution in [0, 0.1) is 0 Å². The number of fused-ring (bicyclic) bond motifs is 1. The highest BCUT2D eigenvalue weighted by Crippen LogP contribution is 2.43. The zero-order valence-electron chi connectivity index (χ0n) is 17.5. The average Bonchev–Trinajstić information content (AvgIpc) is 3.18. The lowest BCUT2D eigenvalue weighted by atomic mass is 9.77.